The molecule has 0 bridgehead atoms. The topological polar surface area (TPSA) is 0 Å². The van der Waals surface area contributed by atoms with Crippen molar-refractivity contribution >= 4 is 0 Å². The van der Waals surface area contributed by atoms with E-state index in [9.17, 15) is 13.2 Å². The smallest absolute Gasteiger partial charge is 0.166 e. The van der Waals surface area contributed by atoms with Crippen molar-refractivity contribution in [2.45, 2.75) is 24.9 Å². The molecule has 1 saturated carbocycles. The van der Waals surface area contributed by atoms with E-state index >= 15 is 0 Å². The average molecular weight is 186 g/mol. The van der Waals surface area contributed by atoms with Gasteiger partial charge in [-0.1, -0.05) is 18.2 Å². The molecule has 3 heteroatoms. The predicted molar refractivity (Wildman–Crippen MR) is 43.4 cm³/mol. The van der Waals surface area contributed by atoms with Gasteiger partial charge < -0.3 is 0 Å². The minimum atomic E-state index is -4.20. The van der Waals surface area contributed by atoms with E-state index in [1.165, 1.54) is 6.07 Å². The lowest BCUT2D eigenvalue weighted by Gasteiger charge is -2.11. The molecule has 70 valence electrons. The van der Waals surface area contributed by atoms with Gasteiger partial charge in [-0.05, 0) is 30.4 Å². The number of halogens is 3. The molecule has 0 saturated heterocycles. The monoisotopic (exact) mass is 186 g/mol. The highest BCUT2D eigenvalue weighted by molar-refractivity contribution is 5.35. The highest BCUT2D eigenvalue weighted by atomic mass is 19.4. The molecule has 0 unspecified atom stereocenters. The van der Waals surface area contributed by atoms with Crippen LogP contribution in [0.15, 0.2) is 24.3 Å². The maximum absolute atomic E-state index is 12.4. The van der Waals surface area contributed by atoms with E-state index in [-0.39, 0.29) is 5.92 Å². The predicted octanol–water partition coefficient (Wildman–Crippen LogP) is 3.58. The summed E-state index contributed by atoms with van der Waals surface area (Å²) < 4.78 is 37.3. The molecule has 0 heterocycles. The molecule has 1 fully saturated rings. The minimum Gasteiger partial charge on any atom is -0.166 e. The molecule has 1 aliphatic rings. The summed E-state index contributed by atoms with van der Waals surface area (Å²) in [6.45, 7) is 0. The number of hydrogen-bond donors (Lipinski definition) is 0. The molecular weight excluding hydrogens is 177 g/mol. The van der Waals surface area contributed by atoms with Crippen LogP contribution >= 0.6 is 0 Å². The van der Waals surface area contributed by atoms with Gasteiger partial charge in [-0.2, -0.15) is 13.2 Å². The number of benzene rings is 1. The molecule has 0 aliphatic heterocycles. The van der Waals surface area contributed by atoms with Gasteiger partial charge in [-0.3, -0.25) is 0 Å². The van der Waals surface area contributed by atoms with Crippen LogP contribution in [0.4, 0.5) is 13.2 Å². The van der Waals surface area contributed by atoms with Crippen LogP contribution < -0.4 is 0 Å². The van der Waals surface area contributed by atoms with Crippen LogP contribution in [-0.2, 0) is 6.18 Å². The highest BCUT2D eigenvalue weighted by Crippen LogP contribution is 2.45. The second-order valence-electron chi connectivity index (χ2n) is 3.36. The largest absolute Gasteiger partial charge is 0.416 e. The molecule has 0 N–H and O–H groups in total. The van der Waals surface area contributed by atoms with Crippen LogP contribution in [0, 0.1) is 0 Å². The van der Waals surface area contributed by atoms with Crippen molar-refractivity contribution in [1.82, 2.24) is 0 Å². The molecule has 0 spiro atoms. The van der Waals surface area contributed by atoms with Gasteiger partial charge in [0, 0.05) is 0 Å². The maximum Gasteiger partial charge on any atom is 0.416 e. The SMILES string of the molecule is FC(F)(F)c1ccccc1C1CC1. The summed E-state index contributed by atoms with van der Waals surface area (Å²) in [5.41, 5.74) is 0.00694. The first kappa shape index (κ1) is 8.60. The number of rotatable bonds is 1. The van der Waals surface area contributed by atoms with Crippen molar-refractivity contribution < 1.29 is 13.2 Å². The van der Waals surface area contributed by atoms with E-state index in [1.54, 1.807) is 12.1 Å². The molecule has 2 rings (SSSR count). The molecule has 0 atom stereocenters. The van der Waals surface area contributed by atoms with Gasteiger partial charge >= 0.3 is 6.18 Å². The zero-order chi connectivity index (χ0) is 9.47. The third-order valence-electron chi connectivity index (χ3n) is 2.28. The van der Waals surface area contributed by atoms with Gasteiger partial charge in [-0.25, -0.2) is 0 Å². The van der Waals surface area contributed by atoms with E-state index in [0.29, 0.717) is 5.56 Å². The Bertz CT molecular complexity index is 310. The number of hydrogen-bond acceptors (Lipinski definition) is 0. The number of alkyl halides is 3. The van der Waals surface area contributed by atoms with E-state index in [1.807, 2.05) is 0 Å². The van der Waals surface area contributed by atoms with Crippen molar-refractivity contribution in [2.75, 3.05) is 0 Å². The van der Waals surface area contributed by atoms with Gasteiger partial charge in [0.25, 0.3) is 0 Å². The normalized spacial score (nSPS) is 17.5. The Morgan fingerprint density at radius 2 is 1.69 bits per heavy atom. The Morgan fingerprint density at radius 1 is 1.08 bits per heavy atom. The van der Waals surface area contributed by atoms with E-state index < -0.39 is 11.7 Å². The van der Waals surface area contributed by atoms with Crippen LogP contribution in [0.3, 0.4) is 0 Å². The van der Waals surface area contributed by atoms with E-state index in [2.05, 4.69) is 0 Å². The summed E-state index contributed by atoms with van der Waals surface area (Å²) in [6.07, 6.45) is -2.40. The minimum absolute atomic E-state index is 0.151. The fourth-order valence-electron chi connectivity index (χ4n) is 1.51. The maximum atomic E-state index is 12.4. The molecule has 1 aliphatic carbocycles. The summed E-state index contributed by atoms with van der Waals surface area (Å²) >= 11 is 0. The highest BCUT2D eigenvalue weighted by Gasteiger charge is 2.37. The second-order valence-corrected chi connectivity index (χ2v) is 3.36. The Hall–Kier alpha value is -0.990. The first-order valence-corrected chi connectivity index (χ1v) is 4.25. The molecule has 1 aromatic carbocycles. The van der Waals surface area contributed by atoms with Gasteiger partial charge in [-0.15, -0.1) is 0 Å². The lowest BCUT2D eigenvalue weighted by Crippen LogP contribution is -2.08. The molecule has 13 heavy (non-hydrogen) atoms. The van der Waals surface area contributed by atoms with Crippen LogP contribution in [0.1, 0.15) is 29.9 Å². The Kier molecular flexibility index (Phi) is 1.82. The third kappa shape index (κ3) is 1.69. The molecular formula is C10H9F3. The zero-order valence-electron chi connectivity index (χ0n) is 6.93. The summed E-state index contributed by atoms with van der Waals surface area (Å²) in [6, 6.07) is 5.85. The Balaban J connectivity index is 2.43. The van der Waals surface area contributed by atoms with Crippen molar-refractivity contribution in [1.29, 1.82) is 0 Å². The van der Waals surface area contributed by atoms with Crippen LogP contribution in [-0.4, -0.2) is 0 Å². The Morgan fingerprint density at radius 3 is 2.23 bits per heavy atom. The fourth-order valence-corrected chi connectivity index (χ4v) is 1.51. The van der Waals surface area contributed by atoms with Gasteiger partial charge in [0.05, 0.1) is 5.56 Å². The molecule has 0 aromatic heterocycles. The van der Waals surface area contributed by atoms with Gasteiger partial charge in [0.15, 0.2) is 0 Å². The summed E-state index contributed by atoms with van der Waals surface area (Å²) in [7, 11) is 0. The molecule has 0 amide bonds. The van der Waals surface area contributed by atoms with Crippen LogP contribution in [0.5, 0.6) is 0 Å². The summed E-state index contributed by atoms with van der Waals surface area (Å²) in [5.74, 6) is 0.151. The summed E-state index contributed by atoms with van der Waals surface area (Å²) in [5, 5.41) is 0. The Labute approximate surface area is 74.4 Å². The van der Waals surface area contributed by atoms with Crippen molar-refractivity contribution in [3.05, 3.63) is 35.4 Å². The molecule has 0 nitrogen and oxygen atoms in total. The first-order valence-electron chi connectivity index (χ1n) is 4.25. The second kappa shape index (κ2) is 2.76. The zero-order valence-corrected chi connectivity index (χ0v) is 6.93. The van der Waals surface area contributed by atoms with Crippen molar-refractivity contribution in [2.24, 2.45) is 0 Å². The standard InChI is InChI=1S/C10H9F3/c11-10(12,13)9-4-2-1-3-8(9)7-5-6-7/h1-4,7H,5-6H2. The summed E-state index contributed by atoms with van der Waals surface area (Å²) in [4.78, 5) is 0. The van der Waals surface area contributed by atoms with E-state index in [0.717, 1.165) is 18.9 Å². The van der Waals surface area contributed by atoms with Gasteiger partial charge in [0.2, 0.25) is 0 Å². The van der Waals surface area contributed by atoms with Crippen molar-refractivity contribution in [3.8, 4) is 0 Å². The molecule has 0 radical (unpaired) electrons. The average Bonchev–Trinajstić information content (AvgIpc) is 2.85. The lowest BCUT2D eigenvalue weighted by molar-refractivity contribution is -0.138. The fraction of sp³-hybridized carbons (Fsp3) is 0.400. The first-order chi connectivity index (χ1) is 6.09. The van der Waals surface area contributed by atoms with Crippen LogP contribution in [0.2, 0.25) is 0 Å². The van der Waals surface area contributed by atoms with Crippen molar-refractivity contribution in [3.63, 3.8) is 0 Å². The van der Waals surface area contributed by atoms with E-state index in [4.69, 9.17) is 0 Å². The lowest BCUT2D eigenvalue weighted by atomic mass is 10.0. The molecule has 1 aromatic rings. The van der Waals surface area contributed by atoms with Crippen LogP contribution in [0.25, 0.3) is 0 Å². The third-order valence-corrected chi connectivity index (χ3v) is 2.28. The van der Waals surface area contributed by atoms with Gasteiger partial charge in [0.1, 0.15) is 0 Å². The quantitative estimate of drug-likeness (QED) is 0.628.